The second-order valence-electron chi connectivity index (χ2n) is 4.90. The van der Waals surface area contributed by atoms with Gasteiger partial charge in [0, 0.05) is 17.8 Å². The number of imidazole rings is 1. The quantitative estimate of drug-likeness (QED) is 0.767. The molecule has 3 aromatic rings. The first-order chi connectivity index (χ1) is 11.0. The van der Waals surface area contributed by atoms with Gasteiger partial charge in [0.2, 0.25) is 10.0 Å². The number of rotatable bonds is 5. The molecule has 0 aliphatic carbocycles. The molecule has 0 aliphatic heterocycles. The van der Waals surface area contributed by atoms with E-state index in [0.29, 0.717) is 17.4 Å². The lowest BCUT2D eigenvalue weighted by Crippen LogP contribution is -2.25. The van der Waals surface area contributed by atoms with Crippen LogP contribution in [0.4, 0.5) is 0 Å². The lowest BCUT2D eigenvalue weighted by Gasteiger charge is -2.08. The first-order valence-corrected chi connectivity index (χ1v) is 8.93. The minimum atomic E-state index is -3.65. The fourth-order valence-corrected chi connectivity index (χ4v) is 3.63. The summed E-state index contributed by atoms with van der Waals surface area (Å²) < 4.78 is 29.1. The Hall–Kier alpha value is -1.96. The Morgan fingerprint density at radius 1 is 1.26 bits per heavy atom. The zero-order valence-corrected chi connectivity index (χ0v) is 14.0. The smallest absolute Gasteiger partial charge is 0.241 e. The van der Waals surface area contributed by atoms with Crippen LogP contribution in [0.15, 0.2) is 47.5 Å². The molecule has 0 spiro atoms. The van der Waals surface area contributed by atoms with Gasteiger partial charge in [0.15, 0.2) is 5.65 Å². The van der Waals surface area contributed by atoms with Gasteiger partial charge < -0.3 is 4.57 Å². The molecule has 1 aromatic carbocycles. The molecule has 0 fully saturated rings. The van der Waals surface area contributed by atoms with Crippen LogP contribution in [0, 0.1) is 0 Å². The van der Waals surface area contributed by atoms with Gasteiger partial charge in [-0.15, -0.1) is 0 Å². The van der Waals surface area contributed by atoms with E-state index in [2.05, 4.69) is 14.7 Å². The SMILES string of the molecule is CCn1c(CNS(=O)(=O)c2cccc(Cl)c2)nc2cccnc21. The van der Waals surface area contributed by atoms with E-state index in [9.17, 15) is 8.42 Å². The molecule has 0 bridgehead atoms. The zero-order valence-electron chi connectivity index (χ0n) is 12.4. The van der Waals surface area contributed by atoms with Gasteiger partial charge in [0.25, 0.3) is 0 Å². The first kappa shape index (κ1) is 15.9. The second kappa shape index (κ2) is 6.27. The highest BCUT2D eigenvalue weighted by Crippen LogP contribution is 2.17. The minimum absolute atomic E-state index is 0.0824. The Morgan fingerprint density at radius 2 is 2.09 bits per heavy atom. The maximum atomic E-state index is 12.4. The molecule has 8 heteroatoms. The molecule has 0 unspecified atom stereocenters. The number of halogens is 1. The van der Waals surface area contributed by atoms with Gasteiger partial charge in [0.05, 0.1) is 11.4 Å². The summed E-state index contributed by atoms with van der Waals surface area (Å²) in [5.74, 6) is 0.617. The third kappa shape index (κ3) is 3.21. The van der Waals surface area contributed by atoms with Crippen molar-refractivity contribution in [3.8, 4) is 0 Å². The van der Waals surface area contributed by atoms with Crippen LogP contribution in [0.1, 0.15) is 12.7 Å². The van der Waals surface area contributed by atoms with Crippen molar-refractivity contribution < 1.29 is 8.42 Å². The molecule has 6 nitrogen and oxygen atoms in total. The molecule has 0 saturated carbocycles. The van der Waals surface area contributed by atoms with E-state index in [1.165, 1.54) is 12.1 Å². The van der Waals surface area contributed by atoms with Gasteiger partial charge in [-0.3, -0.25) is 0 Å². The van der Waals surface area contributed by atoms with E-state index in [-0.39, 0.29) is 11.4 Å². The summed E-state index contributed by atoms with van der Waals surface area (Å²) in [5, 5.41) is 0.373. The van der Waals surface area contributed by atoms with Gasteiger partial charge in [0.1, 0.15) is 11.3 Å². The van der Waals surface area contributed by atoms with Crippen molar-refractivity contribution in [1.82, 2.24) is 19.3 Å². The Kier molecular flexibility index (Phi) is 4.34. The fraction of sp³-hybridized carbons (Fsp3) is 0.200. The van der Waals surface area contributed by atoms with Crippen LogP contribution in [0.2, 0.25) is 5.02 Å². The number of nitrogens with one attached hydrogen (secondary N) is 1. The maximum absolute atomic E-state index is 12.4. The van der Waals surface area contributed by atoms with Crippen molar-refractivity contribution in [2.45, 2.75) is 24.9 Å². The third-order valence-corrected chi connectivity index (χ3v) is 5.06. The minimum Gasteiger partial charge on any atom is -0.312 e. The predicted octanol–water partition coefficient (Wildman–Crippen LogP) is 2.58. The van der Waals surface area contributed by atoms with Crippen LogP contribution in [-0.2, 0) is 23.1 Å². The molecule has 0 amide bonds. The zero-order chi connectivity index (χ0) is 16.4. The average Bonchev–Trinajstić information content (AvgIpc) is 2.90. The number of nitrogens with zero attached hydrogens (tertiary/aromatic N) is 3. The number of fused-ring (bicyclic) bond motifs is 1. The van der Waals surface area contributed by atoms with Crippen molar-refractivity contribution in [1.29, 1.82) is 0 Å². The Bertz CT molecular complexity index is 953. The molecule has 2 aromatic heterocycles. The summed E-state index contributed by atoms with van der Waals surface area (Å²) in [5.41, 5.74) is 1.48. The number of benzene rings is 1. The number of aryl methyl sites for hydroxylation is 1. The van der Waals surface area contributed by atoms with Crippen LogP contribution in [0.5, 0.6) is 0 Å². The molecule has 120 valence electrons. The third-order valence-electron chi connectivity index (χ3n) is 3.43. The number of aromatic nitrogens is 3. The van der Waals surface area contributed by atoms with Crippen LogP contribution in [0.3, 0.4) is 0 Å². The number of pyridine rings is 1. The monoisotopic (exact) mass is 350 g/mol. The summed E-state index contributed by atoms with van der Waals surface area (Å²) >= 11 is 5.85. The van der Waals surface area contributed by atoms with Gasteiger partial charge in [-0.05, 0) is 37.3 Å². The van der Waals surface area contributed by atoms with Crippen molar-refractivity contribution in [3.05, 3.63) is 53.4 Å². The number of hydrogen-bond donors (Lipinski definition) is 1. The van der Waals surface area contributed by atoms with Gasteiger partial charge >= 0.3 is 0 Å². The van der Waals surface area contributed by atoms with E-state index >= 15 is 0 Å². The largest absolute Gasteiger partial charge is 0.312 e. The van der Waals surface area contributed by atoms with E-state index in [1.54, 1.807) is 24.4 Å². The summed E-state index contributed by atoms with van der Waals surface area (Å²) in [6, 6.07) is 9.79. The molecule has 2 heterocycles. The van der Waals surface area contributed by atoms with Crippen LogP contribution in [-0.4, -0.2) is 23.0 Å². The highest BCUT2D eigenvalue weighted by atomic mass is 35.5. The first-order valence-electron chi connectivity index (χ1n) is 7.06. The van der Waals surface area contributed by atoms with Crippen LogP contribution in [0.25, 0.3) is 11.2 Å². The topological polar surface area (TPSA) is 76.9 Å². The highest BCUT2D eigenvalue weighted by Gasteiger charge is 2.17. The molecule has 0 saturated heterocycles. The summed E-state index contributed by atoms with van der Waals surface area (Å²) in [4.78, 5) is 8.87. The standard InChI is InChI=1S/C15H15ClN4O2S/c1-2-20-14(19-13-7-4-8-17-15(13)20)10-18-23(21,22)12-6-3-5-11(16)9-12/h3-9,18H,2,10H2,1H3. The molecular weight excluding hydrogens is 336 g/mol. The molecule has 3 rings (SSSR count). The lowest BCUT2D eigenvalue weighted by molar-refractivity contribution is 0.576. The summed E-state index contributed by atoms with van der Waals surface area (Å²) in [6.07, 6.45) is 1.69. The number of sulfonamides is 1. The van der Waals surface area contributed by atoms with Gasteiger partial charge in [-0.2, -0.15) is 0 Å². The van der Waals surface area contributed by atoms with E-state index < -0.39 is 10.0 Å². The summed E-state index contributed by atoms with van der Waals surface area (Å²) in [7, 11) is -3.65. The van der Waals surface area contributed by atoms with Crippen LogP contribution < -0.4 is 4.72 Å². The van der Waals surface area contributed by atoms with Crippen molar-refractivity contribution >= 4 is 32.8 Å². The Morgan fingerprint density at radius 3 is 2.83 bits per heavy atom. The molecule has 0 atom stereocenters. The Labute approximate surface area is 139 Å². The highest BCUT2D eigenvalue weighted by molar-refractivity contribution is 7.89. The normalized spacial score (nSPS) is 11.9. The predicted molar refractivity (Wildman–Crippen MR) is 88.7 cm³/mol. The van der Waals surface area contributed by atoms with Crippen molar-refractivity contribution in [2.75, 3.05) is 0 Å². The average molecular weight is 351 g/mol. The Balaban J connectivity index is 1.88. The van der Waals surface area contributed by atoms with Crippen molar-refractivity contribution in [2.24, 2.45) is 0 Å². The van der Waals surface area contributed by atoms with Crippen molar-refractivity contribution in [3.63, 3.8) is 0 Å². The maximum Gasteiger partial charge on any atom is 0.241 e. The second-order valence-corrected chi connectivity index (χ2v) is 7.10. The van der Waals surface area contributed by atoms with E-state index in [1.807, 2.05) is 17.6 Å². The van der Waals surface area contributed by atoms with Gasteiger partial charge in [-0.25, -0.2) is 23.1 Å². The van der Waals surface area contributed by atoms with E-state index in [4.69, 9.17) is 11.6 Å². The van der Waals surface area contributed by atoms with Gasteiger partial charge in [-0.1, -0.05) is 17.7 Å². The molecule has 23 heavy (non-hydrogen) atoms. The lowest BCUT2D eigenvalue weighted by atomic mass is 10.4. The molecule has 1 N–H and O–H groups in total. The van der Waals surface area contributed by atoms with E-state index in [0.717, 1.165) is 11.2 Å². The van der Waals surface area contributed by atoms with Crippen LogP contribution >= 0.6 is 11.6 Å². The summed E-state index contributed by atoms with van der Waals surface area (Å²) in [6.45, 7) is 2.70. The number of hydrogen-bond acceptors (Lipinski definition) is 4. The molecular formula is C15H15ClN4O2S. The molecule has 0 aliphatic rings. The fourth-order valence-electron chi connectivity index (χ4n) is 2.35. The molecule has 0 radical (unpaired) electrons.